The van der Waals surface area contributed by atoms with Crippen molar-refractivity contribution in [3.63, 3.8) is 0 Å². The van der Waals surface area contributed by atoms with E-state index in [1.165, 1.54) is 12.1 Å². The summed E-state index contributed by atoms with van der Waals surface area (Å²) < 4.78 is 60.2. The second-order valence-electron chi connectivity index (χ2n) is 2.28. The number of rotatable bonds is 2. The minimum Gasteiger partial charge on any atom is -0.355 e. The molecule has 0 aliphatic rings. The van der Waals surface area contributed by atoms with Crippen LogP contribution in [0.2, 0.25) is 5.15 Å². The molecule has 0 unspecified atom stereocenters. The molecule has 9 heteroatoms. The van der Waals surface area contributed by atoms with E-state index in [9.17, 15) is 21.6 Å². The molecule has 0 aliphatic heterocycles. The molecule has 84 valence electrons. The van der Waals surface area contributed by atoms with Gasteiger partial charge >= 0.3 is 15.6 Å². The van der Waals surface area contributed by atoms with Crippen molar-refractivity contribution < 1.29 is 25.8 Å². The predicted molar refractivity (Wildman–Crippen MR) is 44.8 cm³/mol. The standard InChI is InChI=1S/C6H3ClF3NO3S/c7-4-2-1-3-5(11-4)14-15(12,13)6(8,9)10/h1-3H. The third-order valence-corrected chi connectivity index (χ3v) is 2.34. The van der Waals surface area contributed by atoms with Crippen LogP contribution in [-0.4, -0.2) is 18.9 Å². The minimum absolute atomic E-state index is 0.176. The van der Waals surface area contributed by atoms with Crippen molar-refractivity contribution in [1.29, 1.82) is 0 Å². The van der Waals surface area contributed by atoms with Crippen LogP contribution in [0.5, 0.6) is 5.88 Å². The zero-order chi connectivity index (χ0) is 11.7. The van der Waals surface area contributed by atoms with Crippen LogP contribution in [0, 0.1) is 0 Å². The fourth-order valence-corrected chi connectivity index (χ4v) is 1.16. The van der Waals surface area contributed by atoms with Crippen LogP contribution in [0.25, 0.3) is 0 Å². The number of hydrogen-bond donors (Lipinski definition) is 0. The molecule has 0 amide bonds. The molecule has 0 saturated heterocycles. The molecule has 1 aromatic heterocycles. The lowest BCUT2D eigenvalue weighted by Crippen LogP contribution is -2.28. The molecule has 0 radical (unpaired) electrons. The second-order valence-corrected chi connectivity index (χ2v) is 4.21. The number of alkyl halides is 3. The summed E-state index contributed by atoms with van der Waals surface area (Å²) in [5.41, 5.74) is -5.49. The summed E-state index contributed by atoms with van der Waals surface area (Å²) in [5.74, 6) is -0.736. The van der Waals surface area contributed by atoms with Gasteiger partial charge in [-0.25, -0.2) is 4.98 Å². The lowest BCUT2D eigenvalue weighted by atomic mass is 10.5. The maximum absolute atomic E-state index is 11.8. The van der Waals surface area contributed by atoms with Gasteiger partial charge < -0.3 is 4.18 Å². The summed E-state index contributed by atoms with van der Waals surface area (Å²) >= 11 is 5.32. The van der Waals surface area contributed by atoms with E-state index in [4.69, 9.17) is 11.6 Å². The molecule has 0 N–H and O–H groups in total. The maximum Gasteiger partial charge on any atom is 0.534 e. The summed E-state index contributed by atoms with van der Waals surface area (Å²) in [6.07, 6.45) is 0. The zero-order valence-corrected chi connectivity index (χ0v) is 8.40. The molecule has 0 bridgehead atoms. The van der Waals surface area contributed by atoms with Crippen LogP contribution in [0.1, 0.15) is 0 Å². The molecule has 4 nitrogen and oxygen atoms in total. The molecule has 0 aliphatic carbocycles. The molecule has 0 spiro atoms. The lowest BCUT2D eigenvalue weighted by molar-refractivity contribution is -0.0501. The number of aromatic nitrogens is 1. The largest absolute Gasteiger partial charge is 0.534 e. The third kappa shape index (κ3) is 2.96. The van der Waals surface area contributed by atoms with Gasteiger partial charge in [-0.2, -0.15) is 21.6 Å². The van der Waals surface area contributed by atoms with Crippen molar-refractivity contribution >= 4 is 21.7 Å². The van der Waals surface area contributed by atoms with Gasteiger partial charge in [0.15, 0.2) is 0 Å². The first kappa shape index (κ1) is 12.1. The van der Waals surface area contributed by atoms with E-state index < -0.39 is 21.5 Å². The Morgan fingerprint density at radius 3 is 2.40 bits per heavy atom. The van der Waals surface area contributed by atoms with Crippen LogP contribution < -0.4 is 4.18 Å². The molecule has 0 aromatic carbocycles. The Labute approximate surface area is 87.8 Å². The van der Waals surface area contributed by atoms with Crippen molar-refractivity contribution in [2.45, 2.75) is 5.51 Å². The van der Waals surface area contributed by atoms with Crippen LogP contribution in [0.3, 0.4) is 0 Å². The number of nitrogens with zero attached hydrogens (tertiary/aromatic N) is 1. The average molecular weight is 262 g/mol. The molecule has 1 rings (SSSR count). The lowest BCUT2D eigenvalue weighted by Gasteiger charge is -2.08. The molecular formula is C6H3ClF3NO3S. The molecule has 0 saturated carbocycles. The van der Waals surface area contributed by atoms with E-state index in [-0.39, 0.29) is 5.15 Å². The van der Waals surface area contributed by atoms with Crippen molar-refractivity contribution in [3.05, 3.63) is 23.4 Å². The molecule has 0 atom stereocenters. The molecule has 1 aromatic rings. The van der Waals surface area contributed by atoms with Crippen LogP contribution >= 0.6 is 11.6 Å². The van der Waals surface area contributed by atoms with E-state index in [1.807, 2.05) is 0 Å². The predicted octanol–water partition coefficient (Wildman–Crippen LogP) is 1.96. The van der Waals surface area contributed by atoms with E-state index in [1.54, 1.807) is 0 Å². The van der Waals surface area contributed by atoms with E-state index in [0.29, 0.717) is 0 Å². The quantitative estimate of drug-likeness (QED) is 0.464. The highest BCUT2D eigenvalue weighted by molar-refractivity contribution is 7.87. The Bertz CT molecular complexity index is 459. The highest BCUT2D eigenvalue weighted by Crippen LogP contribution is 2.26. The smallest absolute Gasteiger partial charge is 0.355 e. The first-order chi connectivity index (χ1) is 6.72. The highest BCUT2D eigenvalue weighted by atomic mass is 35.5. The van der Waals surface area contributed by atoms with Crippen molar-refractivity contribution in [2.75, 3.05) is 0 Å². The highest BCUT2D eigenvalue weighted by Gasteiger charge is 2.48. The Morgan fingerprint density at radius 1 is 1.33 bits per heavy atom. The second kappa shape index (κ2) is 3.86. The molecular weight excluding hydrogens is 259 g/mol. The molecule has 0 fully saturated rings. The van der Waals surface area contributed by atoms with Gasteiger partial charge in [0, 0.05) is 6.07 Å². The number of pyridine rings is 1. The Kier molecular flexibility index (Phi) is 3.10. The molecule has 15 heavy (non-hydrogen) atoms. The SMILES string of the molecule is O=S(=O)(Oc1cccc(Cl)n1)C(F)(F)F. The van der Waals surface area contributed by atoms with Gasteiger partial charge in [0.05, 0.1) is 0 Å². The summed E-state index contributed by atoms with van der Waals surface area (Å²) in [5, 5.41) is -0.176. The van der Waals surface area contributed by atoms with Crippen molar-refractivity contribution in [3.8, 4) is 5.88 Å². The average Bonchev–Trinajstić information content (AvgIpc) is 2.00. The van der Waals surface area contributed by atoms with E-state index in [2.05, 4.69) is 9.17 Å². The van der Waals surface area contributed by atoms with Gasteiger partial charge in [-0.1, -0.05) is 17.7 Å². The number of halogens is 4. The van der Waals surface area contributed by atoms with Gasteiger partial charge in [-0.3, -0.25) is 0 Å². The summed E-state index contributed by atoms with van der Waals surface area (Å²) in [6, 6.07) is 3.40. The first-order valence-corrected chi connectivity index (χ1v) is 5.14. The third-order valence-electron chi connectivity index (χ3n) is 1.17. The van der Waals surface area contributed by atoms with Gasteiger partial charge in [-0.05, 0) is 6.07 Å². The maximum atomic E-state index is 11.8. The Hall–Kier alpha value is -1.02. The summed E-state index contributed by atoms with van der Waals surface area (Å²) in [7, 11) is -5.69. The first-order valence-electron chi connectivity index (χ1n) is 3.36. The Balaban J connectivity index is 2.98. The van der Waals surface area contributed by atoms with Gasteiger partial charge in [0.2, 0.25) is 5.88 Å². The van der Waals surface area contributed by atoms with Gasteiger partial charge in [0.1, 0.15) is 5.15 Å². The fourth-order valence-electron chi connectivity index (χ4n) is 0.596. The monoisotopic (exact) mass is 261 g/mol. The van der Waals surface area contributed by atoms with Crippen molar-refractivity contribution in [1.82, 2.24) is 4.98 Å². The van der Waals surface area contributed by atoms with E-state index in [0.717, 1.165) is 6.07 Å². The van der Waals surface area contributed by atoms with Crippen LogP contribution in [0.15, 0.2) is 18.2 Å². The van der Waals surface area contributed by atoms with Gasteiger partial charge in [0.25, 0.3) is 0 Å². The van der Waals surface area contributed by atoms with E-state index >= 15 is 0 Å². The molecule has 1 heterocycles. The van der Waals surface area contributed by atoms with Crippen LogP contribution in [-0.2, 0) is 10.1 Å². The summed E-state index contributed by atoms with van der Waals surface area (Å²) in [4.78, 5) is 3.24. The fraction of sp³-hybridized carbons (Fsp3) is 0.167. The zero-order valence-electron chi connectivity index (χ0n) is 6.82. The van der Waals surface area contributed by atoms with Gasteiger partial charge in [-0.15, -0.1) is 0 Å². The summed E-state index contributed by atoms with van der Waals surface area (Å²) in [6.45, 7) is 0. The number of hydrogen-bond acceptors (Lipinski definition) is 4. The Morgan fingerprint density at radius 2 is 1.93 bits per heavy atom. The minimum atomic E-state index is -5.69. The normalized spacial score (nSPS) is 12.5. The van der Waals surface area contributed by atoms with Crippen molar-refractivity contribution in [2.24, 2.45) is 0 Å². The topological polar surface area (TPSA) is 56.3 Å². The van der Waals surface area contributed by atoms with Crippen LogP contribution in [0.4, 0.5) is 13.2 Å².